The van der Waals surface area contributed by atoms with Crippen molar-refractivity contribution in [2.24, 2.45) is 13.0 Å². The van der Waals surface area contributed by atoms with Crippen molar-refractivity contribution >= 4 is 15.7 Å². The van der Waals surface area contributed by atoms with Gasteiger partial charge in [0.1, 0.15) is 0 Å². The maximum Gasteiger partial charge on any atom is 0.412 e. The van der Waals surface area contributed by atoms with Gasteiger partial charge in [0.25, 0.3) is 0 Å². The number of alkyl halides is 3. The number of sulfone groups is 1. The molecule has 118 valence electrons. The highest BCUT2D eigenvalue weighted by atomic mass is 32.2. The van der Waals surface area contributed by atoms with E-state index < -0.39 is 39.6 Å². The number of carbonyl (C=O) groups is 1. The van der Waals surface area contributed by atoms with Crippen LogP contribution >= 0.6 is 0 Å². The van der Waals surface area contributed by atoms with Crippen molar-refractivity contribution < 1.29 is 26.4 Å². The second kappa shape index (κ2) is 5.36. The number of nitrogens with zero attached hydrogens (tertiary/aromatic N) is 1. The van der Waals surface area contributed by atoms with Gasteiger partial charge in [0.2, 0.25) is 5.91 Å². The van der Waals surface area contributed by atoms with E-state index in [4.69, 9.17) is 0 Å². The van der Waals surface area contributed by atoms with E-state index in [0.29, 0.717) is 0 Å². The minimum Gasteiger partial charge on any atom is -0.357 e. The molecule has 0 bridgehead atoms. The highest BCUT2D eigenvalue weighted by Crippen LogP contribution is 2.33. The fourth-order valence-corrected chi connectivity index (χ4v) is 4.05. The molecular formula is C12H15F3N2O3S. The van der Waals surface area contributed by atoms with Gasteiger partial charge in [-0.2, -0.15) is 13.2 Å². The first-order chi connectivity index (χ1) is 9.58. The molecule has 1 aromatic heterocycles. The Balaban J connectivity index is 2.15. The molecule has 1 aliphatic heterocycles. The molecule has 9 heteroatoms. The van der Waals surface area contributed by atoms with Gasteiger partial charge in [-0.15, -0.1) is 0 Å². The maximum atomic E-state index is 13.1. The van der Waals surface area contributed by atoms with Crippen LogP contribution in [0, 0.1) is 5.92 Å². The summed E-state index contributed by atoms with van der Waals surface area (Å²) in [6.45, 7) is 0. The van der Waals surface area contributed by atoms with Crippen molar-refractivity contribution in [1.29, 1.82) is 0 Å². The molecule has 0 radical (unpaired) electrons. The smallest absolute Gasteiger partial charge is 0.357 e. The van der Waals surface area contributed by atoms with E-state index in [9.17, 15) is 26.4 Å². The number of carbonyl (C=O) groups excluding carboxylic acids is 1. The average molecular weight is 324 g/mol. The molecule has 1 saturated heterocycles. The van der Waals surface area contributed by atoms with Gasteiger partial charge < -0.3 is 9.88 Å². The van der Waals surface area contributed by atoms with Crippen molar-refractivity contribution in [1.82, 2.24) is 9.88 Å². The summed E-state index contributed by atoms with van der Waals surface area (Å²) in [5, 5.41) is 1.92. The highest BCUT2D eigenvalue weighted by molar-refractivity contribution is 7.91. The second-order valence-electron chi connectivity index (χ2n) is 5.19. The second-order valence-corrected chi connectivity index (χ2v) is 7.42. The molecule has 1 aromatic rings. The molecule has 1 fully saturated rings. The van der Waals surface area contributed by atoms with Crippen molar-refractivity contribution in [3.63, 3.8) is 0 Å². The Kier molecular flexibility index (Phi) is 4.05. The summed E-state index contributed by atoms with van der Waals surface area (Å²) in [6, 6.07) is -0.862. The fraction of sp³-hybridized carbons (Fsp3) is 0.583. The quantitative estimate of drug-likeness (QED) is 0.908. The first-order valence-electron chi connectivity index (χ1n) is 6.28. The number of hydrogen-bond donors (Lipinski definition) is 1. The average Bonchev–Trinajstić information content (AvgIpc) is 2.90. The Morgan fingerprint density at radius 2 is 2.14 bits per heavy atom. The highest BCUT2D eigenvalue weighted by Gasteiger charge is 2.44. The van der Waals surface area contributed by atoms with Crippen LogP contribution in [0.1, 0.15) is 18.0 Å². The van der Waals surface area contributed by atoms with E-state index in [1.807, 2.05) is 5.32 Å². The molecule has 21 heavy (non-hydrogen) atoms. The largest absolute Gasteiger partial charge is 0.412 e. The first kappa shape index (κ1) is 15.9. The summed E-state index contributed by atoms with van der Waals surface area (Å²) in [5.41, 5.74) is -0.0841. The molecule has 0 spiro atoms. The lowest BCUT2D eigenvalue weighted by atomic mass is 10.1. The van der Waals surface area contributed by atoms with Crippen LogP contribution in [0.5, 0.6) is 0 Å². The van der Waals surface area contributed by atoms with Gasteiger partial charge in [-0.05, 0) is 12.5 Å². The summed E-state index contributed by atoms with van der Waals surface area (Å²) >= 11 is 0. The summed E-state index contributed by atoms with van der Waals surface area (Å²) in [6.07, 6.45) is -1.87. The van der Waals surface area contributed by atoms with Crippen LogP contribution < -0.4 is 5.32 Å². The topological polar surface area (TPSA) is 68.2 Å². The molecule has 2 atom stereocenters. The number of hydrogen-bond acceptors (Lipinski definition) is 3. The minimum atomic E-state index is -4.64. The number of amides is 1. The van der Waals surface area contributed by atoms with Crippen LogP contribution in [0.25, 0.3) is 0 Å². The summed E-state index contributed by atoms with van der Waals surface area (Å²) in [4.78, 5) is 11.9. The third kappa shape index (κ3) is 3.78. The first-order valence-corrected chi connectivity index (χ1v) is 8.10. The van der Waals surface area contributed by atoms with Crippen LogP contribution in [0.15, 0.2) is 18.5 Å². The van der Waals surface area contributed by atoms with Crippen molar-refractivity contribution in [3.8, 4) is 0 Å². The Bertz CT molecular complexity index is 636. The van der Waals surface area contributed by atoms with E-state index in [-0.39, 0.29) is 17.7 Å². The molecule has 0 saturated carbocycles. The van der Waals surface area contributed by atoms with Gasteiger partial charge >= 0.3 is 6.18 Å². The summed E-state index contributed by atoms with van der Waals surface area (Å²) in [7, 11) is -1.75. The Morgan fingerprint density at radius 3 is 2.57 bits per heavy atom. The molecule has 2 rings (SSSR count). The molecule has 2 unspecified atom stereocenters. The van der Waals surface area contributed by atoms with Gasteiger partial charge in [-0.25, -0.2) is 8.42 Å². The Morgan fingerprint density at radius 1 is 1.48 bits per heavy atom. The van der Waals surface area contributed by atoms with Crippen LogP contribution in [-0.4, -0.2) is 36.6 Å². The Labute approximate surface area is 120 Å². The zero-order chi connectivity index (χ0) is 15.8. The van der Waals surface area contributed by atoms with Gasteiger partial charge in [0, 0.05) is 25.0 Å². The molecule has 2 heterocycles. The number of rotatable bonds is 3. The lowest BCUT2D eigenvalue weighted by Crippen LogP contribution is -2.41. The third-order valence-corrected chi connectivity index (χ3v) is 5.17. The van der Waals surface area contributed by atoms with E-state index in [2.05, 4.69) is 0 Å². The van der Waals surface area contributed by atoms with Crippen LogP contribution in [-0.2, 0) is 21.7 Å². The molecule has 5 nitrogen and oxygen atoms in total. The predicted octanol–water partition coefficient (Wildman–Crippen LogP) is 1.18. The lowest BCUT2D eigenvalue weighted by molar-refractivity contribution is -0.164. The van der Waals surface area contributed by atoms with Gasteiger partial charge in [-0.1, -0.05) is 0 Å². The number of halogens is 3. The Hall–Kier alpha value is -1.51. The monoisotopic (exact) mass is 324 g/mol. The van der Waals surface area contributed by atoms with Crippen molar-refractivity contribution in [3.05, 3.63) is 24.0 Å². The van der Waals surface area contributed by atoms with Crippen molar-refractivity contribution in [2.75, 3.05) is 11.5 Å². The standard InChI is InChI=1S/C12H15F3N2O3S/c1-17-4-2-8(6-17)10(12(13,14)15)16-11(18)9-3-5-21(19,20)7-9/h2,4,6,9-10H,3,5,7H2,1H3,(H,16,18). The summed E-state index contributed by atoms with van der Waals surface area (Å²) < 4.78 is 63.3. The van der Waals surface area contributed by atoms with E-state index in [1.165, 1.54) is 23.0 Å². The van der Waals surface area contributed by atoms with Gasteiger partial charge in [0.05, 0.1) is 17.4 Å². The fourth-order valence-electron chi connectivity index (χ4n) is 2.31. The number of nitrogens with one attached hydrogen (secondary N) is 1. The molecule has 1 aliphatic rings. The molecule has 1 N–H and O–H groups in total. The van der Waals surface area contributed by atoms with Crippen LogP contribution in [0.2, 0.25) is 0 Å². The predicted molar refractivity (Wildman–Crippen MR) is 69.1 cm³/mol. The lowest BCUT2D eigenvalue weighted by Gasteiger charge is -2.22. The molecule has 1 amide bonds. The van der Waals surface area contributed by atoms with Crippen LogP contribution in [0.3, 0.4) is 0 Å². The van der Waals surface area contributed by atoms with Gasteiger partial charge in [-0.3, -0.25) is 4.79 Å². The normalized spacial score (nSPS) is 23.0. The van der Waals surface area contributed by atoms with E-state index in [1.54, 1.807) is 7.05 Å². The van der Waals surface area contributed by atoms with Crippen LogP contribution in [0.4, 0.5) is 13.2 Å². The maximum absolute atomic E-state index is 13.1. The molecule has 0 aromatic carbocycles. The van der Waals surface area contributed by atoms with E-state index >= 15 is 0 Å². The zero-order valence-electron chi connectivity index (χ0n) is 11.2. The van der Waals surface area contributed by atoms with Crippen molar-refractivity contribution in [2.45, 2.75) is 18.6 Å². The van der Waals surface area contributed by atoms with E-state index in [0.717, 1.165) is 0 Å². The minimum absolute atomic E-state index is 0.0630. The number of aromatic nitrogens is 1. The SMILES string of the molecule is Cn1ccc(C(NC(=O)C2CCS(=O)(=O)C2)C(F)(F)F)c1. The third-order valence-electron chi connectivity index (χ3n) is 3.41. The zero-order valence-corrected chi connectivity index (χ0v) is 12.0. The molecule has 0 aliphatic carbocycles. The molecular weight excluding hydrogens is 309 g/mol. The van der Waals surface area contributed by atoms with Gasteiger partial charge in [0.15, 0.2) is 15.9 Å². The number of aryl methyl sites for hydroxylation is 1. The summed E-state index contributed by atoms with van der Waals surface area (Å²) in [5.74, 6) is -2.34.